The largest absolute Gasteiger partial charge is 0.255 e. The van der Waals surface area contributed by atoms with E-state index in [2.05, 4.69) is 56.0 Å². The van der Waals surface area contributed by atoms with Crippen LogP contribution in [0.2, 0.25) is 0 Å². The van der Waals surface area contributed by atoms with E-state index in [1.807, 2.05) is 35.0 Å². The number of pyridine rings is 3. The van der Waals surface area contributed by atoms with Gasteiger partial charge in [0.05, 0.1) is 11.0 Å². The van der Waals surface area contributed by atoms with Gasteiger partial charge >= 0.3 is 0 Å². The van der Waals surface area contributed by atoms with Crippen LogP contribution in [0.3, 0.4) is 0 Å². The number of rotatable bonds is 6. The number of aryl methyl sites for hydroxylation is 3. The number of fused-ring (bicyclic) bond motifs is 2. The van der Waals surface area contributed by atoms with Gasteiger partial charge in [-0.2, -0.15) is 5.10 Å². The molecule has 152 valence electrons. The molecule has 0 aromatic carbocycles. The molecule has 0 saturated carbocycles. The van der Waals surface area contributed by atoms with Crippen LogP contribution in [-0.2, 0) is 12.8 Å². The van der Waals surface area contributed by atoms with Gasteiger partial charge in [-0.1, -0.05) is 30.2 Å². The van der Waals surface area contributed by atoms with Crippen LogP contribution in [0.25, 0.3) is 22.8 Å². The minimum absolute atomic E-state index is 0.747. The molecule has 4 aromatic heterocycles. The van der Waals surface area contributed by atoms with E-state index in [0.717, 1.165) is 53.0 Å². The summed E-state index contributed by atoms with van der Waals surface area (Å²) in [6.07, 6.45) is 10.7. The van der Waals surface area contributed by atoms with E-state index in [9.17, 15) is 0 Å². The van der Waals surface area contributed by atoms with Crippen molar-refractivity contribution >= 4 is 22.8 Å². The first-order valence-electron chi connectivity index (χ1n) is 10.4. The Kier molecular flexibility index (Phi) is 5.70. The summed E-state index contributed by atoms with van der Waals surface area (Å²) in [4.78, 5) is 13.9. The van der Waals surface area contributed by atoms with Crippen molar-refractivity contribution in [1.82, 2.24) is 24.6 Å². The Bertz CT molecular complexity index is 1260. The molecule has 0 radical (unpaired) electrons. The van der Waals surface area contributed by atoms with Crippen LogP contribution in [0.4, 0.5) is 0 Å². The summed E-state index contributed by atoms with van der Waals surface area (Å²) in [5, 5.41) is 4.69. The second-order valence-corrected chi connectivity index (χ2v) is 7.70. The highest BCUT2D eigenvalue weighted by Crippen LogP contribution is 2.19. The normalized spacial score (nSPS) is 12.8. The van der Waals surface area contributed by atoms with Crippen molar-refractivity contribution < 1.29 is 0 Å². The molecular weight excluding hydrogens is 370 g/mol. The molecule has 0 fully saturated rings. The van der Waals surface area contributed by atoms with Gasteiger partial charge in [-0.05, 0) is 69.5 Å². The van der Waals surface area contributed by atoms with Crippen molar-refractivity contribution in [2.75, 3.05) is 0 Å². The lowest BCUT2D eigenvalue weighted by atomic mass is 10.1. The van der Waals surface area contributed by atoms with Crippen molar-refractivity contribution in [3.63, 3.8) is 0 Å². The Balaban J connectivity index is 1.59. The van der Waals surface area contributed by atoms with E-state index in [1.165, 1.54) is 16.7 Å². The summed E-state index contributed by atoms with van der Waals surface area (Å²) in [6, 6.07) is 10.1. The van der Waals surface area contributed by atoms with E-state index in [-0.39, 0.29) is 0 Å². The fourth-order valence-corrected chi connectivity index (χ4v) is 3.42. The average molecular weight is 398 g/mol. The van der Waals surface area contributed by atoms with E-state index >= 15 is 0 Å². The Morgan fingerprint density at radius 1 is 1.03 bits per heavy atom. The highest BCUT2D eigenvalue weighted by Gasteiger charge is 2.10. The van der Waals surface area contributed by atoms with Crippen molar-refractivity contribution in [1.29, 1.82) is 0 Å². The minimum Gasteiger partial charge on any atom is -0.255 e. The second kappa shape index (κ2) is 8.57. The van der Waals surface area contributed by atoms with Crippen LogP contribution in [0.5, 0.6) is 0 Å². The first-order chi connectivity index (χ1) is 14.5. The summed E-state index contributed by atoms with van der Waals surface area (Å²) in [5.74, 6) is 0.834. The quantitative estimate of drug-likeness (QED) is 0.402. The number of allylic oxidation sites excluding steroid dienone is 3. The number of hydrogen-bond donors (Lipinski definition) is 0. The summed E-state index contributed by atoms with van der Waals surface area (Å²) in [6.45, 7) is 8.64. The van der Waals surface area contributed by atoms with Gasteiger partial charge in [-0.15, -0.1) is 0 Å². The van der Waals surface area contributed by atoms with Crippen LogP contribution in [-0.4, -0.2) is 24.6 Å². The molecule has 0 aliphatic rings. The molecule has 0 aliphatic carbocycles. The Hall–Kier alpha value is -3.34. The Morgan fingerprint density at radius 3 is 2.73 bits per heavy atom. The standard InChI is InChI=1S/C25H27N5/c1-5-17(2)18(3)8-11-21-19(4)14-16-30-25(21)28-24(29-30)13-10-20-9-12-22-23(27-20)7-6-15-26-22/h6-9,11-12,14-16H,5,10,13H2,1-4H3/b11-8-,18-17+. The van der Waals surface area contributed by atoms with Gasteiger partial charge in [0.15, 0.2) is 11.5 Å². The molecule has 0 saturated heterocycles. The highest BCUT2D eigenvalue weighted by atomic mass is 15.3. The van der Waals surface area contributed by atoms with Gasteiger partial charge in [0.2, 0.25) is 0 Å². The molecule has 4 rings (SSSR count). The zero-order valence-corrected chi connectivity index (χ0v) is 18.1. The molecule has 0 bridgehead atoms. The molecular formula is C25H27N5. The van der Waals surface area contributed by atoms with Crippen molar-refractivity contribution in [2.45, 2.75) is 47.0 Å². The predicted molar refractivity (Wildman–Crippen MR) is 122 cm³/mol. The summed E-state index contributed by atoms with van der Waals surface area (Å²) >= 11 is 0. The van der Waals surface area contributed by atoms with E-state index in [1.54, 1.807) is 6.20 Å². The molecule has 0 aliphatic heterocycles. The van der Waals surface area contributed by atoms with Gasteiger partial charge in [-0.3, -0.25) is 9.97 Å². The highest BCUT2D eigenvalue weighted by molar-refractivity contribution is 5.73. The molecule has 4 heterocycles. The van der Waals surface area contributed by atoms with Crippen LogP contribution in [0, 0.1) is 6.92 Å². The van der Waals surface area contributed by atoms with E-state index in [4.69, 9.17) is 9.97 Å². The summed E-state index contributed by atoms with van der Waals surface area (Å²) in [7, 11) is 0. The third-order valence-electron chi connectivity index (χ3n) is 5.63. The SMILES string of the molecule is CC/C(C)=C(C)/C=C\c1c(C)ccn2nc(CCc3ccc4ncccc4n3)nc12. The maximum Gasteiger partial charge on any atom is 0.163 e. The molecule has 5 nitrogen and oxygen atoms in total. The van der Waals surface area contributed by atoms with Gasteiger partial charge in [0, 0.05) is 30.1 Å². The topological polar surface area (TPSA) is 56.0 Å². The van der Waals surface area contributed by atoms with Crippen LogP contribution < -0.4 is 0 Å². The minimum atomic E-state index is 0.747. The number of hydrogen-bond acceptors (Lipinski definition) is 4. The van der Waals surface area contributed by atoms with Crippen LogP contribution in [0.1, 0.15) is 49.8 Å². The zero-order chi connectivity index (χ0) is 21.1. The van der Waals surface area contributed by atoms with Crippen molar-refractivity contribution in [3.8, 4) is 0 Å². The maximum atomic E-state index is 4.84. The third kappa shape index (κ3) is 4.15. The number of aromatic nitrogens is 5. The van der Waals surface area contributed by atoms with Crippen LogP contribution in [0.15, 0.2) is 59.9 Å². The van der Waals surface area contributed by atoms with Gasteiger partial charge in [0.25, 0.3) is 0 Å². The first-order valence-corrected chi connectivity index (χ1v) is 10.4. The zero-order valence-electron chi connectivity index (χ0n) is 18.1. The fourth-order valence-electron chi connectivity index (χ4n) is 3.42. The monoisotopic (exact) mass is 397 g/mol. The van der Waals surface area contributed by atoms with Gasteiger partial charge in [0.1, 0.15) is 0 Å². The second-order valence-electron chi connectivity index (χ2n) is 7.70. The lowest BCUT2D eigenvalue weighted by Crippen LogP contribution is -1.97. The van der Waals surface area contributed by atoms with Gasteiger partial charge < -0.3 is 0 Å². The Morgan fingerprint density at radius 2 is 1.90 bits per heavy atom. The number of nitrogens with zero attached hydrogens (tertiary/aromatic N) is 5. The lowest BCUT2D eigenvalue weighted by molar-refractivity contribution is 0.823. The molecule has 5 heteroatoms. The van der Waals surface area contributed by atoms with Gasteiger partial charge in [-0.25, -0.2) is 9.50 Å². The maximum absolute atomic E-state index is 4.84. The molecule has 0 N–H and O–H groups in total. The Labute approximate surface area is 177 Å². The molecule has 0 atom stereocenters. The first kappa shape index (κ1) is 20.0. The third-order valence-corrected chi connectivity index (χ3v) is 5.63. The smallest absolute Gasteiger partial charge is 0.163 e. The average Bonchev–Trinajstić information content (AvgIpc) is 3.19. The van der Waals surface area contributed by atoms with E-state index < -0.39 is 0 Å². The molecule has 4 aromatic rings. The molecule has 0 spiro atoms. The summed E-state index contributed by atoms with van der Waals surface area (Å²) < 4.78 is 1.88. The fraction of sp³-hybridized carbons (Fsp3) is 0.280. The van der Waals surface area contributed by atoms with E-state index in [0.29, 0.717) is 0 Å². The summed E-state index contributed by atoms with van der Waals surface area (Å²) in [5.41, 5.74) is 8.79. The molecule has 30 heavy (non-hydrogen) atoms. The predicted octanol–water partition coefficient (Wildman–Crippen LogP) is 5.53. The van der Waals surface area contributed by atoms with Crippen LogP contribution >= 0.6 is 0 Å². The van der Waals surface area contributed by atoms with Crippen molar-refractivity contribution in [3.05, 3.63) is 82.6 Å². The van der Waals surface area contributed by atoms with Crippen molar-refractivity contribution in [2.24, 2.45) is 0 Å². The lowest BCUT2D eigenvalue weighted by Gasteiger charge is -2.03. The molecule has 0 amide bonds. The molecule has 0 unspecified atom stereocenters.